The Morgan fingerprint density at radius 2 is 1.90 bits per heavy atom. The molecule has 2 unspecified atom stereocenters. The van der Waals surface area contributed by atoms with E-state index in [-0.39, 0.29) is 5.41 Å². The summed E-state index contributed by atoms with van der Waals surface area (Å²) in [6.45, 7) is 14.2. The van der Waals surface area contributed by atoms with Gasteiger partial charge in [0.2, 0.25) is 0 Å². The van der Waals surface area contributed by atoms with Crippen molar-refractivity contribution in [1.82, 2.24) is 15.5 Å². The highest BCUT2D eigenvalue weighted by Crippen LogP contribution is 2.33. The fourth-order valence-electron chi connectivity index (χ4n) is 4.89. The molecule has 0 aromatic heterocycles. The molecule has 1 aromatic carbocycles. The van der Waals surface area contributed by atoms with Gasteiger partial charge in [0.05, 0.1) is 6.10 Å². The van der Waals surface area contributed by atoms with Crippen LogP contribution in [0.4, 0.5) is 0 Å². The molecule has 30 heavy (non-hydrogen) atoms. The first-order valence-corrected chi connectivity index (χ1v) is 11.7. The summed E-state index contributed by atoms with van der Waals surface area (Å²) in [5.74, 6) is 1.47. The topological polar surface area (TPSA) is 48.9 Å². The summed E-state index contributed by atoms with van der Waals surface area (Å²) >= 11 is 0. The average Bonchev–Trinajstić information content (AvgIpc) is 2.73. The van der Waals surface area contributed by atoms with Crippen LogP contribution in [0.15, 0.2) is 29.3 Å². The first-order chi connectivity index (χ1) is 14.4. The number of hydrogen-bond donors (Lipinski definition) is 2. The van der Waals surface area contributed by atoms with E-state index in [2.05, 4.69) is 72.5 Å². The number of nitrogens with zero attached hydrogens (tertiary/aromatic N) is 2. The van der Waals surface area contributed by atoms with Gasteiger partial charge < -0.3 is 15.4 Å². The molecule has 168 valence electrons. The fraction of sp³-hybridized carbons (Fsp3) is 0.720. The normalized spacial score (nSPS) is 24.6. The maximum Gasteiger partial charge on any atom is 0.191 e. The van der Waals surface area contributed by atoms with Crippen molar-refractivity contribution in [3.63, 3.8) is 0 Å². The summed E-state index contributed by atoms with van der Waals surface area (Å²) in [5.41, 5.74) is 3.01. The lowest BCUT2D eigenvalue weighted by Crippen LogP contribution is -2.51. The zero-order valence-corrected chi connectivity index (χ0v) is 19.7. The van der Waals surface area contributed by atoms with E-state index >= 15 is 0 Å². The van der Waals surface area contributed by atoms with Crippen LogP contribution in [0.3, 0.4) is 0 Å². The number of benzene rings is 1. The van der Waals surface area contributed by atoms with Crippen LogP contribution in [-0.2, 0) is 11.3 Å². The first kappa shape index (κ1) is 23.1. The molecule has 0 spiro atoms. The molecule has 1 aromatic rings. The average molecular weight is 415 g/mol. The van der Waals surface area contributed by atoms with E-state index in [4.69, 9.17) is 4.74 Å². The standard InChI is InChI=1S/C25H42N4O/c1-19-9-6-7-10-21(19)18-29-14-12-22(13-15-29)28-24(26-5)27-17-20-11-8-16-30-23(20)25(2,3)4/h6-7,9-10,20,22-23H,8,11-18H2,1-5H3,(H2,26,27,28). The number of aliphatic imine (C=N–C) groups is 1. The molecule has 2 aliphatic heterocycles. The summed E-state index contributed by atoms with van der Waals surface area (Å²) in [4.78, 5) is 7.07. The molecule has 0 aliphatic carbocycles. The number of piperidine rings is 1. The van der Waals surface area contributed by atoms with E-state index in [1.165, 1.54) is 17.5 Å². The Morgan fingerprint density at radius 1 is 1.17 bits per heavy atom. The molecule has 2 saturated heterocycles. The van der Waals surface area contributed by atoms with Crippen LogP contribution in [0, 0.1) is 18.3 Å². The third kappa shape index (κ3) is 6.45. The van der Waals surface area contributed by atoms with Crippen LogP contribution >= 0.6 is 0 Å². The molecule has 2 atom stereocenters. The van der Waals surface area contributed by atoms with Gasteiger partial charge in [-0.2, -0.15) is 0 Å². The molecule has 5 heteroatoms. The lowest BCUT2D eigenvalue weighted by molar-refractivity contribution is -0.0835. The van der Waals surface area contributed by atoms with Gasteiger partial charge in [-0.3, -0.25) is 9.89 Å². The van der Waals surface area contributed by atoms with Crippen LogP contribution in [0.5, 0.6) is 0 Å². The highest BCUT2D eigenvalue weighted by atomic mass is 16.5. The monoisotopic (exact) mass is 414 g/mol. The Labute approximate surface area is 183 Å². The maximum atomic E-state index is 6.13. The second kappa shape index (κ2) is 10.6. The third-order valence-corrected chi connectivity index (χ3v) is 6.64. The molecular formula is C25H42N4O. The van der Waals surface area contributed by atoms with E-state index < -0.39 is 0 Å². The van der Waals surface area contributed by atoms with Gasteiger partial charge in [-0.05, 0) is 49.1 Å². The van der Waals surface area contributed by atoms with Crippen molar-refractivity contribution in [1.29, 1.82) is 0 Å². The number of likely N-dealkylation sites (tertiary alicyclic amines) is 1. The SMILES string of the molecule is CN=C(NCC1CCCOC1C(C)(C)C)NC1CCN(Cc2ccccc2C)CC1. The molecule has 2 N–H and O–H groups in total. The van der Waals surface area contributed by atoms with E-state index in [0.29, 0.717) is 18.1 Å². The van der Waals surface area contributed by atoms with Crippen LogP contribution < -0.4 is 10.6 Å². The lowest BCUT2D eigenvalue weighted by Gasteiger charge is -2.40. The fourth-order valence-corrected chi connectivity index (χ4v) is 4.89. The Morgan fingerprint density at radius 3 is 2.57 bits per heavy atom. The minimum absolute atomic E-state index is 0.174. The van der Waals surface area contributed by atoms with Crippen molar-refractivity contribution in [3.8, 4) is 0 Å². The van der Waals surface area contributed by atoms with Crippen LogP contribution in [-0.4, -0.2) is 56.3 Å². The summed E-state index contributed by atoms with van der Waals surface area (Å²) in [5, 5.41) is 7.26. The number of aryl methyl sites for hydroxylation is 1. The number of nitrogens with one attached hydrogen (secondary N) is 2. The largest absolute Gasteiger partial charge is 0.377 e. The van der Waals surface area contributed by atoms with Crippen molar-refractivity contribution >= 4 is 5.96 Å². The summed E-state index contributed by atoms with van der Waals surface area (Å²) < 4.78 is 6.13. The molecule has 0 bridgehead atoms. The highest BCUT2D eigenvalue weighted by Gasteiger charge is 2.35. The van der Waals surface area contributed by atoms with Crippen LogP contribution in [0.2, 0.25) is 0 Å². The van der Waals surface area contributed by atoms with Crippen molar-refractivity contribution in [2.75, 3.05) is 33.3 Å². The molecule has 2 heterocycles. The van der Waals surface area contributed by atoms with E-state index in [0.717, 1.165) is 58.0 Å². The van der Waals surface area contributed by atoms with E-state index in [9.17, 15) is 0 Å². The van der Waals surface area contributed by atoms with Crippen molar-refractivity contribution in [2.24, 2.45) is 16.3 Å². The molecular weight excluding hydrogens is 372 g/mol. The molecule has 0 radical (unpaired) electrons. The summed E-state index contributed by atoms with van der Waals surface area (Å²) in [7, 11) is 1.88. The van der Waals surface area contributed by atoms with E-state index in [1.807, 2.05) is 7.05 Å². The van der Waals surface area contributed by atoms with Crippen molar-refractivity contribution in [3.05, 3.63) is 35.4 Å². The van der Waals surface area contributed by atoms with Gasteiger partial charge in [0.15, 0.2) is 5.96 Å². The molecule has 3 rings (SSSR count). The zero-order chi connectivity index (χ0) is 21.6. The molecule has 0 saturated carbocycles. The molecule has 0 amide bonds. The minimum Gasteiger partial charge on any atom is -0.377 e. The molecule has 5 nitrogen and oxygen atoms in total. The van der Waals surface area contributed by atoms with Crippen molar-refractivity contribution < 1.29 is 4.74 Å². The zero-order valence-electron chi connectivity index (χ0n) is 19.7. The minimum atomic E-state index is 0.174. The lowest BCUT2D eigenvalue weighted by atomic mass is 9.78. The third-order valence-electron chi connectivity index (χ3n) is 6.64. The highest BCUT2D eigenvalue weighted by molar-refractivity contribution is 5.79. The smallest absolute Gasteiger partial charge is 0.191 e. The quantitative estimate of drug-likeness (QED) is 0.565. The van der Waals surface area contributed by atoms with Gasteiger partial charge in [-0.1, -0.05) is 45.0 Å². The van der Waals surface area contributed by atoms with Gasteiger partial charge in [0.1, 0.15) is 0 Å². The second-order valence-electron chi connectivity index (χ2n) is 10.1. The summed E-state index contributed by atoms with van der Waals surface area (Å²) in [6, 6.07) is 9.22. The van der Waals surface area contributed by atoms with Gasteiger partial charge in [0.25, 0.3) is 0 Å². The van der Waals surface area contributed by atoms with E-state index in [1.54, 1.807) is 0 Å². The molecule has 2 aliphatic rings. The van der Waals surface area contributed by atoms with Gasteiger partial charge in [0, 0.05) is 51.8 Å². The Kier molecular flexibility index (Phi) is 8.18. The maximum absolute atomic E-state index is 6.13. The Bertz CT molecular complexity index is 689. The Hall–Kier alpha value is -1.59. The number of hydrogen-bond acceptors (Lipinski definition) is 3. The predicted octanol–water partition coefficient (Wildman–Crippen LogP) is 3.97. The Balaban J connectivity index is 1.44. The summed E-state index contributed by atoms with van der Waals surface area (Å²) in [6.07, 6.45) is 5.00. The molecule has 2 fully saturated rings. The van der Waals surface area contributed by atoms with Gasteiger partial charge >= 0.3 is 0 Å². The van der Waals surface area contributed by atoms with Gasteiger partial charge in [-0.15, -0.1) is 0 Å². The predicted molar refractivity (Wildman–Crippen MR) is 126 cm³/mol. The van der Waals surface area contributed by atoms with Gasteiger partial charge in [-0.25, -0.2) is 0 Å². The van der Waals surface area contributed by atoms with Crippen LogP contribution in [0.25, 0.3) is 0 Å². The second-order valence-corrected chi connectivity index (χ2v) is 10.1. The first-order valence-electron chi connectivity index (χ1n) is 11.7. The van der Waals surface area contributed by atoms with Crippen LogP contribution in [0.1, 0.15) is 57.6 Å². The number of guanidine groups is 1. The number of ether oxygens (including phenoxy) is 1. The number of rotatable bonds is 5. The van der Waals surface area contributed by atoms with Crippen molar-refractivity contribution in [2.45, 2.75) is 72.1 Å².